The van der Waals surface area contributed by atoms with E-state index in [2.05, 4.69) is 15.2 Å². The summed E-state index contributed by atoms with van der Waals surface area (Å²) in [5, 5.41) is 3.97. The smallest absolute Gasteiger partial charge is 0.267 e. The van der Waals surface area contributed by atoms with Gasteiger partial charge in [-0.05, 0) is 62.7 Å². The Balaban J connectivity index is 1.09. The molecule has 2 N–H and O–H groups in total. The molecule has 7 heteroatoms. The number of carbonyl (C=O) groups is 2. The maximum Gasteiger partial charge on any atom is 0.267 e. The molecule has 2 saturated heterocycles. The number of para-hydroxylation sites is 1. The second kappa shape index (κ2) is 9.01. The standard InChI is InChI=1S/C24H32N4O3/c29-23-16-31-20(12-25-24(30)22-11-19-3-1-2-4-21(19)26-22)15-28(23)14-18-7-9-27(10-8-18)13-17-5-6-17/h1-4,11,17-18,20,26H,5-10,12-16H2,(H,25,30)/t20-/m0/s1. The van der Waals surface area contributed by atoms with Gasteiger partial charge in [0.15, 0.2) is 0 Å². The first-order chi connectivity index (χ1) is 15.1. The number of ether oxygens (including phenoxy) is 1. The molecule has 166 valence electrons. The Hall–Kier alpha value is -2.38. The number of amides is 2. The highest BCUT2D eigenvalue weighted by molar-refractivity contribution is 5.98. The number of morpholine rings is 1. The van der Waals surface area contributed by atoms with E-state index in [1.165, 1.54) is 32.2 Å². The zero-order valence-corrected chi connectivity index (χ0v) is 18.0. The first kappa shape index (κ1) is 20.5. The number of aromatic amines is 1. The maximum atomic E-state index is 12.5. The highest BCUT2D eigenvalue weighted by atomic mass is 16.5. The zero-order chi connectivity index (χ0) is 21.2. The quantitative estimate of drug-likeness (QED) is 0.715. The van der Waals surface area contributed by atoms with Gasteiger partial charge >= 0.3 is 0 Å². The molecule has 3 fully saturated rings. The molecular weight excluding hydrogens is 392 g/mol. The zero-order valence-electron chi connectivity index (χ0n) is 18.0. The Labute approximate surface area is 183 Å². The number of H-pyrrole nitrogens is 1. The molecule has 1 atom stereocenters. The molecular formula is C24H32N4O3. The largest absolute Gasteiger partial charge is 0.365 e. The number of nitrogens with one attached hydrogen (secondary N) is 2. The van der Waals surface area contributed by atoms with Gasteiger partial charge in [0, 0.05) is 37.1 Å². The molecule has 0 spiro atoms. The van der Waals surface area contributed by atoms with Crippen LogP contribution in [0.15, 0.2) is 30.3 Å². The van der Waals surface area contributed by atoms with E-state index in [0.717, 1.165) is 36.5 Å². The van der Waals surface area contributed by atoms with Crippen molar-refractivity contribution in [3.63, 3.8) is 0 Å². The van der Waals surface area contributed by atoms with Crippen LogP contribution in [0.3, 0.4) is 0 Å². The summed E-state index contributed by atoms with van der Waals surface area (Å²) >= 11 is 0. The molecule has 7 nitrogen and oxygen atoms in total. The molecule has 2 aromatic rings. The molecule has 1 aromatic heterocycles. The van der Waals surface area contributed by atoms with Gasteiger partial charge in [-0.1, -0.05) is 18.2 Å². The van der Waals surface area contributed by atoms with E-state index in [0.29, 0.717) is 24.7 Å². The van der Waals surface area contributed by atoms with E-state index in [4.69, 9.17) is 4.74 Å². The third kappa shape index (κ3) is 5.10. The molecule has 0 unspecified atom stereocenters. The minimum absolute atomic E-state index is 0.0682. The van der Waals surface area contributed by atoms with Crippen LogP contribution in [0.5, 0.6) is 0 Å². The van der Waals surface area contributed by atoms with Gasteiger partial charge in [0.1, 0.15) is 12.3 Å². The van der Waals surface area contributed by atoms with Crippen LogP contribution in [-0.2, 0) is 9.53 Å². The Bertz CT molecular complexity index is 897. The fourth-order valence-electron chi connectivity index (χ4n) is 4.81. The predicted octanol–water partition coefficient (Wildman–Crippen LogP) is 2.25. The average Bonchev–Trinajstić information content (AvgIpc) is 3.49. The monoisotopic (exact) mass is 424 g/mol. The number of carbonyl (C=O) groups excluding carboxylic acids is 2. The molecule has 31 heavy (non-hydrogen) atoms. The van der Waals surface area contributed by atoms with Crippen molar-refractivity contribution in [3.05, 3.63) is 36.0 Å². The molecule has 0 bridgehead atoms. The lowest BCUT2D eigenvalue weighted by Crippen LogP contribution is -2.52. The summed E-state index contributed by atoms with van der Waals surface area (Å²) in [7, 11) is 0. The van der Waals surface area contributed by atoms with Gasteiger partial charge in [0.05, 0.1) is 6.10 Å². The predicted molar refractivity (Wildman–Crippen MR) is 119 cm³/mol. The van der Waals surface area contributed by atoms with Crippen LogP contribution >= 0.6 is 0 Å². The van der Waals surface area contributed by atoms with Gasteiger partial charge < -0.3 is 24.8 Å². The van der Waals surface area contributed by atoms with Crippen molar-refractivity contribution in [1.82, 2.24) is 20.1 Å². The summed E-state index contributed by atoms with van der Waals surface area (Å²) in [5.41, 5.74) is 1.49. The van der Waals surface area contributed by atoms with Crippen LogP contribution in [0.1, 0.15) is 36.2 Å². The van der Waals surface area contributed by atoms with Crippen molar-refractivity contribution in [2.45, 2.75) is 31.8 Å². The highest BCUT2D eigenvalue weighted by Gasteiger charge is 2.31. The van der Waals surface area contributed by atoms with E-state index in [1.54, 1.807) is 0 Å². The van der Waals surface area contributed by atoms with Gasteiger partial charge in [-0.2, -0.15) is 0 Å². The Morgan fingerprint density at radius 2 is 1.87 bits per heavy atom. The molecule has 2 amide bonds. The number of aromatic nitrogens is 1. The fourth-order valence-corrected chi connectivity index (χ4v) is 4.81. The summed E-state index contributed by atoms with van der Waals surface area (Å²) < 4.78 is 5.70. The van der Waals surface area contributed by atoms with E-state index in [-0.39, 0.29) is 24.5 Å². The maximum absolute atomic E-state index is 12.5. The minimum atomic E-state index is -0.166. The number of fused-ring (bicyclic) bond motifs is 1. The van der Waals surface area contributed by atoms with E-state index < -0.39 is 0 Å². The molecule has 1 saturated carbocycles. The number of hydrogen-bond donors (Lipinski definition) is 2. The van der Waals surface area contributed by atoms with Gasteiger partial charge in [-0.3, -0.25) is 9.59 Å². The summed E-state index contributed by atoms with van der Waals surface area (Å²) in [6, 6.07) is 9.69. The van der Waals surface area contributed by atoms with Gasteiger partial charge in [-0.25, -0.2) is 0 Å². The molecule has 0 radical (unpaired) electrons. The van der Waals surface area contributed by atoms with Crippen LogP contribution in [0.25, 0.3) is 10.9 Å². The van der Waals surface area contributed by atoms with Crippen LogP contribution in [0.2, 0.25) is 0 Å². The first-order valence-electron chi connectivity index (χ1n) is 11.6. The molecule has 3 aliphatic rings. The number of benzene rings is 1. The summed E-state index contributed by atoms with van der Waals surface area (Å²) in [6.45, 7) is 5.44. The lowest BCUT2D eigenvalue weighted by Gasteiger charge is -2.38. The second-order valence-corrected chi connectivity index (χ2v) is 9.40. The molecule has 5 rings (SSSR count). The first-order valence-corrected chi connectivity index (χ1v) is 11.6. The number of likely N-dealkylation sites (tertiary alicyclic amines) is 1. The molecule has 3 heterocycles. The molecule has 2 aliphatic heterocycles. The highest BCUT2D eigenvalue weighted by Crippen LogP contribution is 2.31. The Kier molecular flexibility index (Phi) is 5.96. The van der Waals surface area contributed by atoms with E-state index in [9.17, 15) is 9.59 Å². The lowest BCUT2D eigenvalue weighted by atomic mass is 9.95. The van der Waals surface area contributed by atoms with Crippen molar-refractivity contribution >= 4 is 22.7 Å². The third-order valence-electron chi connectivity index (χ3n) is 6.88. The van der Waals surface area contributed by atoms with Crippen LogP contribution in [-0.4, -0.2) is 78.6 Å². The van der Waals surface area contributed by atoms with Gasteiger partial charge in [0.2, 0.25) is 5.91 Å². The molecule has 1 aliphatic carbocycles. The molecule has 1 aromatic carbocycles. The van der Waals surface area contributed by atoms with Crippen molar-refractivity contribution in [2.24, 2.45) is 11.8 Å². The van der Waals surface area contributed by atoms with Gasteiger partial charge in [-0.15, -0.1) is 0 Å². The van der Waals surface area contributed by atoms with Crippen molar-refractivity contribution in [3.8, 4) is 0 Å². The summed E-state index contributed by atoms with van der Waals surface area (Å²) in [4.78, 5) is 32.6. The van der Waals surface area contributed by atoms with Crippen molar-refractivity contribution in [2.75, 3.05) is 45.9 Å². The van der Waals surface area contributed by atoms with Gasteiger partial charge in [0.25, 0.3) is 5.91 Å². The normalized spacial score (nSPS) is 23.4. The lowest BCUT2D eigenvalue weighted by molar-refractivity contribution is -0.149. The minimum Gasteiger partial charge on any atom is -0.365 e. The van der Waals surface area contributed by atoms with Crippen molar-refractivity contribution in [1.29, 1.82) is 0 Å². The number of rotatable bonds is 7. The van der Waals surface area contributed by atoms with Crippen LogP contribution < -0.4 is 5.32 Å². The Morgan fingerprint density at radius 3 is 2.65 bits per heavy atom. The van der Waals surface area contributed by atoms with Crippen molar-refractivity contribution < 1.29 is 14.3 Å². The summed E-state index contributed by atoms with van der Waals surface area (Å²) in [5.74, 6) is 1.43. The van der Waals surface area contributed by atoms with E-state index >= 15 is 0 Å². The summed E-state index contributed by atoms with van der Waals surface area (Å²) in [6.07, 6.45) is 4.97. The average molecular weight is 425 g/mol. The second-order valence-electron chi connectivity index (χ2n) is 9.40. The SMILES string of the molecule is O=C(NC[C@H]1CN(CC2CCN(CC3CC3)CC2)C(=O)CO1)c1cc2ccccc2[nH]1. The van der Waals surface area contributed by atoms with Crippen LogP contribution in [0.4, 0.5) is 0 Å². The number of piperidine rings is 1. The third-order valence-corrected chi connectivity index (χ3v) is 6.88. The Morgan fingerprint density at radius 1 is 1.10 bits per heavy atom. The number of hydrogen-bond acceptors (Lipinski definition) is 4. The number of nitrogens with zero attached hydrogens (tertiary/aromatic N) is 2. The fraction of sp³-hybridized carbons (Fsp3) is 0.583. The van der Waals surface area contributed by atoms with Crippen LogP contribution in [0, 0.1) is 11.8 Å². The topological polar surface area (TPSA) is 77.7 Å². The van der Waals surface area contributed by atoms with E-state index in [1.807, 2.05) is 35.2 Å².